The van der Waals surface area contributed by atoms with E-state index in [9.17, 15) is 18.3 Å². The Balaban J connectivity index is 1.45. The molecule has 5 aromatic rings. The van der Waals surface area contributed by atoms with E-state index in [1.807, 2.05) is 121 Å². The summed E-state index contributed by atoms with van der Waals surface area (Å²) < 4.78 is 46.0. The monoisotopic (exact) mass is 567 g/mol. The van der Waals surface area contributed by atoms with Crippen LogP contribution in [-0.2, 0) is 23.1 Å². The molecule has 6 heteroatoms. The fourth-order valence-electron chi connectivity index (χ4n) is 5.25. The molecule has 0 aromatic heterocycles. The number of rotatable bonds is 11. The quantitative estimate of drug-likeness (QED) is 0.159. The molecule has 2 N–H and O–H groups in total. The Morgan fingerprint density at radius 3 is 1.43 bits per heavy atom. The van der Waals surface area contributed by atoms with Gasteiger partial charge in [-0.15, -0.1) is 0 Å². The maximum Gasteiger partial charge on any atom is 0.416 e. The van der Waals surface area contributed by atoms with E-state index < -0.39 is 29.5 Å². The van der Waals surface area contributed by atoms with E-state index in [1.54, 1.807) is 0 Å². The second-order valence-corrected chi connectivity index (χ2v) is 10.1. The number of aliphatic hydroxyl groups excluding tert-OH is 1. The van der Waals surface area contributed by atoms with Crippen LogP contribution in [0.15, 0.2) is 146 Å². The number of aliphatic hydroxyl groups is 1. The maximum atomic E-state index is 13.0. The Labute approximate surface area is 244 Å². The summed E-state index contributed by atoms with van der Waals surface area (Å²) in [7, 11) is 0. The first-order chi connectivity index (χ1) is 20.4. The summed E-state index contributed by atoms with van der Waals surface area (Å²) in [5.74, 6) is 0. The Bertz CT molecular complexity index is 1410. The number of alkyl halides is 3. The van der Waals surface area contributed by atoms with Gasteiger partial charge < -0.3 is 15.2 Å². The van der Waals surface area contributed by atoms with Crippen LogP contribution >= 0.6 is 0 Å². The second-order valence-electron chi connectivity index (χ2n) is 10.1. The molecule has 214 valence electrons. The zero-order valence-corrected chi connectivity index (χ0v) is 22.9. The van der Waals surface area contributed by atoms with Crippen molar-refractivity contribution in [1.29, 1.82) is 0 Å². The zero-order chi connectivity index (χ0) is 29.4. The highest BCUT2D eigenvalue weighted by molar-refractivity contribution is 5.47. The summed E-state index contributed by atoms with van der Waals surface area (Å²) in [5, 5.41) is 15.0. The van der Waals surface area contributed by atoms with Crippen molar-refractivity contribution in [2.75, 3.05) is 6.61 Å². The minimum atomic E-state index is -4.39. The van der Waals surface area contributed by atoms with Crippen molar-refractivity contribution in [3.63, 3.8) is 0 Å². The minimum absolute atomic E-state index is 0.0295. The molecular formula is C36H32F3NO2. The summed E-state index contributed by atoms with van der Waals surface area (Å²) in [5.41, 5.74) is 2.57. The molecule has 0 radical (unpaired) electrons. The lowest BCUT2D eigenvalue weighted by Crippen LogP contribution is -2.40. The largest absolute Gasteiger partial charge is 0.416 e. The van der Waals surface area contributed by atoms with E-state index in [-0.39, 0.29) is 13.2 Å². The van der Waals surface area contributed by atoms with Gasteiger partial charge in [-0.1, -0.05) is 133 Å². The maximum absolute atomic E-state index is 13.0. The van der Waals surface area contributed by atoms with Crippen LogP contribution in [0.25, 0.3) is 0 Å². The normalized spacial score (nSPS) is 13.4. The SMILES string of the molecule is O[C@@H](COC(c1ccccc1)(c1ccccc1)c1ccccc1)[C@H](NCc1ccc(C(F)(F)F)cc1)c1ccccc1. The summed E-state index contributed by atoms with van der Waals surface area (Å²) in [4.78, 5) is 0. The molecule has 3 nitrogen and oxygen atoms in total. The smallest absolute Gasteiger partial charge is 0.389 e. The van der Waals surface area contributed by atoms with E-state index in [2.05, 4.69) is 5.32 Å². The molecule has 0 aliphatic carbocycles. The van der Waals surface area contributed by atoms with Crippen LogP contribution in [-0.4, -0.2) is 17.8 Å². The molecule has 0 saturated carbocycles. The van der Waals surface area contributed by atoms with Crippen molar-refractivity contribution in [2.24, 2.45) is 0 Å². The molecule has 5 aromatic carbocycles. The van der Waals surface area contributed by atoms with Gasteiger partial charge in [-0.3, -0.25) is 0 Å². The average molecular weight is 568 g/mol. The summed E-state index contributed by atoms with van der Waals surface area (Å²) in [6.45, 7) is 0.230. The fraction of sp³-hybridized carbons (Fsp3) is 0.167. The van der Waals surface area contributed by atoms with E-state index in [0.717, 1.165) is 34.4 Å². The standard InChI is InChI=1S/C36H32F3NO2/c37-36(38,39)32-23-21-27(22-24-32)25-40-34(28-13-5-1-6-14-28)33(41)26-42-35(29-15-7-2-8-16-29,30-17-9-3-10-18-30)31-19-11-4-12-20-31/h1-24,33-34,40-41H,25-26H2/t33-,34+/m0/s1. The van der Waals surface area contributed by atoms with Crippen LogP contribution in [0.1, 0.15) is 39.4 Å². The van der Waals surface area contributed by atoms with Crippen LogP contribution in [0.3, 0.4) is 0 Å². The summed E-state index contributed by atoms with van der Waals surface area (Å²) >= 11 is 0. The summed E-state index contributed by atoms with van der Waals surface area (Å²) in [6, 6.07) is 43.7. The molecule has 0 aliphatic rings. The first-order valence-electron chi connectivity index (χ1n) is 13.8. The van der Waals surface area contributed by atoms with Gasteiger partial charge in [-0.25, -0.2) is 0 Å². The number of hydrogen-bond donors (Lipinski definition) is 2. The van der Waals surface area contributed by atoms with Gasteiger partial charge >= 0.3 is 6.18 Å². The van der Waals surface area contributed by atoms with Gasteiger partial charge in [0.15, 0.2) is 0 Å². The van der Waals surface area contributed by atoms with Gasteiger partial charge in [0.25, 0.3) is 0 Å². The molecule has 0 saturated heterocycles. The zero-order valence-electron chi connectivity index (χ0n) is 22.9. The van der Waals surface area contributed by atoms with Crippen LogP contribution in [0.4, 0.5) is 13.2 Å². The van der Waals surface area contributed by atoms with E-state index in [4.69, 9.17) is 4.74 Å². The van der Waals surface area contributed by atoms with Crippen LogP contribution in [0.2, 0.25) is 0 Å². The predicted molar refractivity (Wildman–Crippen MR) is 159 cm³/mol. The molecule has 0 unspecified atom stereocenters. The minimum Gasteiger partial charge on any atom is -0.389 e. The highest BCUT2D eigenvalue weighted by Gasteiger charge is 2.39. The third-order valence-electron chi connectivity index (χ3n) is 7.36. The third-order valence-corrected chi connectivity index (χ3v) is 7.36. The highest BCUT2D eigenvalue weighted by Crippen LogP contribution is 2.41. The Hall–Kier alpha value is -4.23. The highest BCUT2D eigenvalue weighted by atomic mass is 19.4. The number of ether oxygens (including phenoxy) is 1. The molecule has 0 amide bonds. The molecule has 42 heavy (non-hydrogen) atoms. The topological polar surface area (TPSA) is 41.5 Å². The molecule has 0 spiro atoms. The second kappa shape index (κ2) is 13.2. The van der Waals surface area contributed by atoms with Gasteiger partial charge in [0.05, 0.1) is 24.3 Å². The van der Waals surface area contributed by atoms with Gasteiger partial charge in [-0.05, 0) is 39.9 Å². The lowest BCUT2D eigenvalue weighted by Gasteiger charge is -2.37. The fourth-order valence-corrected chi connectivity index (χ4v) is 5.25. The van der Waals surface area contributed by atoms with E-state index in [1.165, 1.54) is 12.1 Å². The van der Waals surface area contributed by atoms with E-state index >= 15 is 0 Å². The van der Waals surface area contributed by atoms with Gasteiger partial charge in [0, 0.05) is 6.54 Å². The first kappa shape index (κ1) is 29.3. The molecule has 5 rings (SSSR count). The number of benzene rings is 5. The summed E-state index contributed by atoms with van der Waals surface area (Å²) in [6.07, 6.45) is -5.38. The van der Waals surface area contributed by atoms with Crippen molar-refractivity contribution < 1.29 is 23.0 Å². The van der Waals surface area contributed by atoms with Crippen LogP contribution < -0.4 is 5.32 Å². The van der Waals surface area contributed by atoms with Gasteiger partial charge in [-0.2, -0.15) is 13.2 Å². The Morgan fingerprint density at radius 1 is 0.571 bits per heavy atom. The lowest BCUT2D eigenvalue weighted by molar-refractivity contribution is -0.137. The predicted octanol–water partition coefficient (Wildman–Crippen LogP) is 7.91. The molecular weight excluding hydrogens is 535 g/mol. The van der Waals surface area contributed by atoms with Crippen molar-refractivity contribution in [3.8, 4) is 0 Å². The first-order valence-corrected chi connectivity index (χ1v) is 13.8. The molecule has 2 atom stereocenters. The van der Waals surface area contributed by atoms with Crippen LogP contribution in [0, 0.1) is 0 Å². The molecule has 0 fully saturated rings. The third kappa shape index (κ3) is 6.63. The number of nitrogens with one attached hydrogen (secondary N) is 1. The lowest BCUT2D eigenvalue weighted by atomic mass is 9.80. The van der Waals surface area contributed by atoms with Crippen molar-refractivity contribution in [3.05, 3.63) is 179 Å². The van der Waals surface area contributed by atoms with Crippen molar-refractivity contribution >= 4 is 0 Å². The average Bonchev–Trinajstić information content (AvgIpc) is 3.03. The molecule has 0 heterocycles. The Kier molecular flexibility index (Phi) is 9.18. The number of halogens is 3. The van der Waals surface area contributed by atoms with Gasteiger partial charge in [0.1, 0.15) is 5.60 Å². The Morgan fingerprint density at radius 2 is 1.00 bits per heavy atom. The van der Waals surface area contributed by atoms with Crippen molar-refractivity contribution in [1.82, 2.24) is 5.32 Å². The molecule has 0 aliphatic heterocycles. The van der Waals surface area contributed by atoms with Gasteiger partial charge in [0.2, 0.25) is 0 Å². The van der Waals surface area contributed by atoms with E-state index in [0.29, 0.717) is 5.56 Å². The van der Waals surface area contributed by atoms with Crippen molar-refractivity contribution in [2.45, 2.75) is 30.5 Å². The molecule has 0 bridgehead atoms. The number of hydrogen-bond acceptors (Lipinski definition) is 3. The van der Waals surface area contributed by atoms with Crippen LogP contribution in [0.5, 0.6) is 0 Å².